The van der Waals surface area contributed by atoms with Gasteiger partial charge >= 0.3 is 0 Å². The number of rotatable bonds is 6. The van der Waals surface area contributed by atoms with Crippen molar-refractivity contribution in [3.05, 3.63) is 81.4 Å². The molecule has 1 N–H and O–H groups in total. The molecule has 2 aromatic carbocycles. The standard InChI is InChI=1S/C21H20N2O5/c1-2-3-12-22-18(14-8-5-4-6-9-14)17(20(25)21(22)26)19(24)15-10-7-11-16(13-15)23(27)28/h4-11,13,18,24H,2-3,12H2,1H3/b19-17-. The van der Waals surface area contributed by atoms with Crippen LogP contribution in [0.1, 0.15) is 36.9 Å². The third-order valence-electron chi connectivity index (χ3n) is 4.74. The highest BCUT2D eigenvalue weighted by Gasteiger charge is 2.45. The predicted octanol–water partition coefficient (Wildman–Crippen LogP) is 3.82. The van der Waals surface area contributed by atoms with Gasteiger partial charge in [-0.25, -0.2) is 0 Å². The lowest BCUT2D eigenvalue weighted by atomic mass is 9.95. The number of non-ortho nitro benzene ring substituents is 1. The van der Waals surface area contributed by atoms with E-state index in [1.165, 1.54) is 29.2 Å². The molecule has 1 unspecified atom stereocenters. The Morgan fingerprint density at radius 3 is 2.50 bits per heavy atom. The number of nitro groups is 1. The summed E-state index contributed by atoms with van der Waals surface area (Å²) in [4.78, 5) is 37.3. The second-order valence-corrected chi connectivity index (χ2v) is 6.56. The van der Waals surface area contributed by atoms with Crippen LogP contribution in [0.15, 0.2) is 60.2 Å². The van der Waals surface area contributed by atoms with Gasteiger partial charge in [0.05, 0.1) is 16.5 Å². The lowest BCUT2D eigenvalue weighted by Gasteiger charge is -2.25. The van der Waals surface area contributed by atoms with Crippen molar-refractivity contribution < 1.29 is 19.6 Å². The van der Waals surface area contributed by atoms with Crippen LogP contribution in [0.2, 0.25) is 0 Å². The number of benzene rings is 2. The van der Waals surface area contributed by atoms with Crippen molar-refractivity contribution in [1.29, 1.82) is 0 Å². The Labute approximate surface area is 162 Å². The predicted molar refractivity (Wildman–Crippen MR) is 103 cm³/mol. The molecule has 3 rings (SSSR count). The molecule has 7 nitrogen and oxygen atoms in total. The van der Waals surface area contributed by atoms with Gasteiger partial charge in [0.25, 0.3) is 17.4 Å². The Bertz CT molecular complexity index is 952. The van der Waals surface area contributed by atoms with Crippen LogP contribution in [-0.4, -0.2) is 33.2 Å². The van der Waals surface area contributed by atoms with Crippen LogP contribution >= 0.6 is 0 Å². The van der Waals surface area contributed by atoms with Crippen molar-refractivity contribution in [3.8, 4) is 0 Å². The fourth-order valence-electron chi connectivity index (χ4n) is 3.34. The highest BCUT2D eigenvalue weighted by atomic mass is 16.6. The first kappa shape index (κ1) is 19.3. The average molecular weight is 380 g/mol. The molecule has 1 fully saturated rings. The van der Waals surface area contributed by atoms with Crippen molar-refractivity contribution in [2.24, 2.45) is 0 Å². The summed E-state index contributed by atoms with van der Waals surface area (Å²) in [6.45, 7) is 2.36. The molecule has 0 aliphatic carbocycles. The molecular weight excluding hydrogens is 360 g/mol. The number of carbonyl (C=O) groups is 2. The average Bonchev–Trinajstić information content (AvgIpc) is 2.97. The summed E-state index contributed by atoms with van der Waals surface area (Å²) >= 11 is 0. The number of nitrogens with zero attached hydrogens (tertiary/aromatic N) is 2. The molecule has 0 bridgehead atoms. The summed E-state index contributed by atoms with van der Waals surface area (Å²) in [5.41, 5.74) is 0.571. The van der Waals surface area contributed by atoms with E-state index in [0.717, 1.165) is 6.42 Å². The van der Waals surface area contributed by atoms with E-state index >= 15 is 0 Å². The Kier molecular flexibility index (Phi) is 5.54. The van der Waals surface area contributed by atoms with Gasteiger partial charge in [0.1, 0.15) is 5.76 Å². The molecule has 0 spiro atoms. The van der Waals surface area contributed by atoms with Gasteiger partial charge < -0.3 is 10.0 Å². The minimum absolute atomic E-state index is 0.0483. The smallest absolute Gasteiger partial charge is 0.295 e. The summed E-state index contributed by atoms with van der Waals surface area (Å²) in [6, 6.07) is 13.6. The van der Waals surface area contributed by atoms with E-state index in [0.29, 0.717) is 18.5 Å². The highest BCUT2D eigenvalue weighted by molar-refractivity contribution is 6.46. The summed E-state index contributed by atoms with van der Waals surface area (Å²) in [5, 5.41) is 21.9. The molecular formula is C21H20N2O5. The third kappa shape index (κ3) is 3.51. The maximum absolute atomic E-state index is 12.8. The highest BCUT2D eigenvalue weighted by Crippen LogP contribution is 2.39. The van der Waals surface area contributed by atoms with E-state index in [1.54, 1.807) is 24.3 Å². The number of aliphatic hydroxyl groups is 1. The van der Waals surface area contributed by atoms with Crippen LogP contribution in [0.25, 0.3) is 5.76 Å². The molecule has 1 aliphatic heterocycles. The topological polar surface area (TPSA) is 101 Å². The molecule has 2 aromatic rings. The van der Waals surface area contributed by atoms with E-state index in [4.69, 9.17) is 0 Å². The maximum atomic E-state index is 12.8. The van der Waals surface area contributed by atoms with Crippen molar-refractivity contribution in [3.63, 3.8) is 0 Å². The molecule has 1 saturated heterocycles. The zero-order chi connectivity index (χ0) is 20.3. The first-order chi connectivity index (χ1) is 13.5. The van der Waals surface area contributed by atoms with Crippen molar-refractivity contribution >= 4 is 23.1 Å². The fourth-order valence-corrected chi connectivity index (χ4v) is 3.34. The number of amides is 1. The van der Waals surface area contributed by atoms with Crippen LogP contribution < -0.4 is 0 Å². The van der Waals surface area contributed by atoms with Crippen LogP contribution in [0.4, 0.5) is 5.69 Å². The number of ketones is 1. The second-order valence-electron chi connectivity index (χ2n) is 6.56. The molecule has 144 valence electrons. The zero-order valence-electron chi connectivity index (χ0n) is 15.4. The van der Waals surface area contributed by atoms with Crippen LogP contribution in [0, 0.1) is 10.1 Å². The van der Waals surface area contributed by atoms with Gasteiger partial charge in [0, 0.05) is 24.2 Å². The Morgan fingerprint density at radius 1 is 1.14 bits per heavy atom. The molecule has 1 heterocycles. The number of hydrogen-bond acceptors (Lipinski definition) is 5. The number of likely N-dealkylation sites (tertiary alicyclic amines) is 1. The lowest BCUT2D eigenvalue weighted by molar-refractivity contribution is -0.384. The molecule has 1 amide bonds. The lowest BCUT2D eigenvalue weighted by Crippen LogP contribution is -2.30. The number of hydrogen-bond donors (Lipinski definition) is 1. The number of aliphatic hydroxyl groups excluding tert-OH is 1. The Hall–Kier alpha value is -3.48. The van der Waals surface area contributed by atoms with Gasteiger partial charge in [0.2, 0.25) is 0 Å². The Balaban J connectivity index is 2.16. The minimum atomic E-state index is -0.783. The van der Waals surface area contributed by atoms with Crippen molar-refractivity contribution in [2.75, 3.05) is 6.54 Å². The fraction of sp³-hybridized carbons (Fsp3) is 0.238. The molecule has 1 atom stereocenters. The molecule has 28 heavy (non-hydrogen) atoms. The van der Waals surface area contributed by atoms with E-state index in [-0.39, 0.29) is 16.8 Å². The normalized spacial score (nSPS) is 18.5. The zero-order valence-corrected chi connectivity index (χ0v) is 15.4. The molecule has 7 heteroatoms. The first-order valence-electron chi connectivity index (χ1n) is 9.04. The van der Waals surface area contributed by atoms with E-state index in [2.05, 4.69) is 0 Å². The first-order valence-corrected chi connectivity index (χ1v) is 9.04. The molecule has 0 saturated carbocycles. The largest absolute Gasteiger partial charge is 0.507 e. The summed E-state index contributed by atoms with van der Waals surface area (Å²) in [7, 11) is 0. The van der Waals surface area contributed by atoms with Gasteiger partial charge in [0.15, 0.2) is 0 Å². The number of unbranched alkanes of at least 4 members (excludes halogenated alkanes) is 1. The minimum Gasteiger partial charge on any atom is -0.507 e. The molecule has 0 aromatic heterocycles. The maximum Gasteiger partial charge on any atom is 0.295 e. The van der Waals surface area contributed by atoms with Crippen molar-refractivity contribution in [2.45, 2.75) is 25.8 Å². The van der Waals surface area contributed by atoms with Gasteiger partial charge in [-0.3, -0.25) is 19.7 Å². The number of carbonyl (C=O) groups excluding carboxylic acids is 2. The SMILES string of the molecule is CCCCN1C(=O)C(=O)/C(=C(\O)c2cccc([N+](=O)[O-])c2)C1c1ccccc1. The van der Waals surface area contributed by atoms with Gasteiger partial charge in [-0.1, -0.05) is 55.8 Å². The van der Waals surface area contributed by atoms with Crippen molar-refractivity contribution in [1.82, 2.24) is 4.90 Å². The summed E-state index contributed by atoms with van der Waals surface area (Å²) in [6.07, 6.45) is 1.56. The summed E-state index contributed by atoms with van der Waals surface area (Å²) < 4.78 is 0. The van der Waals surface area contributed by atoms with Crippen LogP contribution in [0.3, 0.4) is 0 Å². The second kappa shape index (κ2) is 8.04. The van der Waals surface area contributed by atoms with Gasteiger partial charge in [-0.2, -0.15) is 0 Å². The Morgan fingerprint density at radius 2 is 1.86 bits per heavy atom. The molecule has 0 radical (unpaired) electrons. The quantitative estimate of drug-likeness (QED) is 0.270. The van der Waals surface area contributed by atoms with E-state index < -0.39 is 28.4 Å². The monoisotopic (exact) mass is 380 g/mol. The third-order valence-corrected chi connectivity index (χ3v) is 4.74. The van der Waals surface area contributed by atoms with Gasteiger partial charge in [-0.15, -0.1) is 0 Å². The summed E-state index contributed by atoms with van der Waals surface area (Å²) in [5.74, 6) is -1.86. The van der Waals surface area contributed by atoms with Crippen LogP contribution in [0.5, 0.6) is 0 Å². The molecule has 1 aliphatic rings. The number of Topliss-reactive ketones (excluding diaryl/α,β-unsaturated/α-hetero) is 1. The van der Waals surface area contributed by atoms with Gasteiger partial charge in [-0.05, 0) is 12.0 Å². The van der Waals surface area contributed by atoms with E-state index in [9.17, 15) is 24.8 Å². The van der Waals surface area contributed by atoms with Crippen LogP contribution in [-0.2, 0) is 9.59 Å². The van der Waals surface area contributed by atoms with E-state index in [1.807, 2.05) is 13.0 Å². The number of nitro benzene ring substituents is 1.